The first-order chi connectivity index (χ1) is 10.1. The first-order valence-electron chi connectivity index (χ1n) is 8.71. The summed E-state index contributed by atoms with van der Waals surface area (Å²) in [5, 5.41) is 21.5. The number of hydrogen-bond donors (Lipinski definition) is 3. The van der Waals surface area contributed by atoms with Crippen LogP contribution in [-0.4, -0.2) is 36.2 Å². The average Bonchev–Trinajstić information content (AvgIpc) is 2.87. The summed E-state index contributed by atoms with van der Waals surface area (Å²) in [4.78, 5) is 11.4. The zero-order valence-corrected chi connectivity index (χ0v) is 13.7. The molecule has 0 aliphatic carbocycles. The Kier molecular flexibility index (Phi) is 9.01. The van der Waals surface area contributed by atoms with E-state index in [-0.39, 0.29) is 19.4 Å². The molecule has 5 heteroatoms. The third-order valence-electron chi connectivity index (χ3n) is 5.07. The van der Waals surface area contributed by atoms with Gasteiger partial charge in [-0.05, 0) is 37.1 Å². The summed E-state index contributed by atoms with van der Waals surface area (Å²) >= 11 is 0. The molecule has 4 unspecified atom stereocenters. The molecule has 0 bridgehead atoms. The van der Waals surface area contributed by atoms with Gasteiger partial charge in [0.05, 0.1) is 0 Å². The van der Waals surface area contributed by atoms with E-state index in [4.69, 9.17) is 5.02 Å². The Hall–Kier alpha value is -0.545. The molecular formula is C16H32BNO3. The summed E-state index contributed by atoms with van der Waals surface area (Å²) in [6, 6.07) is -0.389. The summed E-state index contributed by atoms with van der Waals surface area (Å²) in [5.41, 5.74) is 0. The SMILES string of the molecule is CCCC(CC)CCC1CNC(C(=O)O)C1CCCBO. The van der Waals surface area contributed by atoms with Gasteiger partial charge in [-0.2, -0.15) is 0 Å². The van der Waals surface area contributed by atoms with Crippen molar-refractivity contribution >= 4 is 13.5 Å². The molecule has 1 aliphatic heterocycles. The molecule has 0 spiro atoms. The highest BCUT2D eigenvalue weighted by molar-refractivity contribution is 6.25. The molecule has 4 nitrogen and oxygen atoms in total. The number of carbonyl (C=O) groups is 1. The van der Waals surface area contributed by atoms with Crippen molar-refractivity contribution in [1.29, 1.82) is 0 Å². The predicted molar refractivity (Wildman–Crippen MR) is 87.7 cm³/mol. The smallest absolute Gasteiger partial charge is 0.320 e. The lowest BCUT2D eigenvalue weighted by Gasteiger charge is -2.23. The lowest BCUT2D eigenvalue weighted by molar-refractivity contribution is -0.140. The summed E-state index contributed by atoms with van der Waals surface area (Å²) in [5.74, 6) is 0.785. The average molecular weight is 297 g/mol. The molecular weight excluding hydrogens is 265 g/mol. The second-order valence-corrected chi connectivity index (χ2v) is 6.51. The molecule has 0 aromatic heterocycles. The van der Waals surface area contributed by atoms with Crippen LogP contribution in [0.3, 0.4) is 0 Å². The second kappa shape index (κ2) is 10.2. The molecule has 0 aromatic carbocycles. The topological polar surface area (TPSA) is 69.6 Å². The molecule has 0 radical (unpaired) electrons. The third kappa shape index (κ3) is 5.99. The van der Waals surface area contributed by atoms with Gasteiger partial charge in [-0.3, -0.25) is 4.79 Å². The molecule has 1 saturated heterocycles. The van der Waals surface area contributed by atoms with Crippen LogP contribution in [0.4, 0.5) is 0 Å². The van der Waals surface area contributed by atoms with Crippen molar-refractivity contribution in [2.75, 3.05) is 6.54 Å². The second-order valence-electron chi connectivity index (χ2n) is 6.51. The molecule has 0 aromatic rings. The highest BCUT2D eigenvalue weighted by atomic mass is 16.4. The number of rotatable bonds is 11. The van der Waals surface area contributed by atoms with Crippen molar-refractivity contribution in [1.82, 2.24) is 5.32 Å². The van der Waals surface area contributed by atoms with Crippen molar-refractivity contribution in [3.8, 4) is 0 Å². The van der Waals surface area contributed by atoms with Crippen molar-refractivity contribution in [2.24, 2.45) is 17.8 Å². The monoisotopic (exact) mass is 297 g/mol. The molecule has 1 fully saturated rings. The zero-order valence-electron chi connectivity index (χ0n) is 13.7. The number of nitrogens with one attached hydrogen (secondary N) is 1. The van der Waals surface area contributed by atoms with Gasteiger partial charge < -0.3 is 15.4 Å². The van der Waals surface area contributed by atoms with Crippen molar-refractivity contribution in [3.05, 3.63) is 0 Å². The number of hydrogen-bond acceptors (Lipinski definition) is 3. The Bertz CT molecular complexity index is 301. The van der Waals surface area contributed by atoms with E-state index < -0.39 is 5.97 Å². The normalized spacial score (nSPS) is 26.7. The largest absolute Gasteiger partial charge is 0.480 e. The van der Waals surface area contributed by atoms with Crippen LogP contribution in [0.15, 0.2) is 0 Å². The highest BCUT2D eigenvalue weighted by Crippen LogP contribution is 2.33. The summed E-state index contributed by atoms with van der Waals surface area (Å²) in [7, 11) is 0.205. The van der Waals surface area contributed by atoms with Crippen molar-refractivity contribution < 1.29 is 14.9 Å². The number of aliphatic carboxylic acids is 1. The Morgan fingerprint density at radius 1 is 1.33 bits per heavy atom. The van der Waals surface area contributed by atoms with Crippen LogP contribution in [0, 0.1) is 17.8 Å². The molecule has 3 N–H and O–H groups in total. The van der Waals surface area contributed by atoms with Gasteiger partial charge in [-0.1, -0.05) is 52.3 Å². The maximum absolute atomic E-state index is 11.4. The number of carboxylic acids is 1. The maximum Gasteiger partial charge on any atom is 0.320 e. The lowest BCUT2D eigenvalue weighted by atomic mass is 9.79. The molecule has 0 saturated carbocycles. The zero-order chi connectivity index (χ0) is 15.7. The molecule has 21 heavy (non-hydrogen) atoms. The summed E-state index contributed by atoms with van der Waals surface area (Å²) in [6.07, 6.45) is 8.73. The highest BCUT2D eigenvalue weighted by Gasteiger charge is 2.39. The minimum Gasteiger partial charge on any atom is -0.480 e. The van der Waals surface area contributed by atoms with E-state index in [1.807, 2.05) is 0 Å². The van der Waals surface area contributed by atoms with Crippen LogP contribution in [0.2, 0.25) is 6.32 Å². The summed E-state index contributed by atoms with van der Waals surface area (Å²) < 4.78 is 0. The van der Waals surface area contributed by atoms with Gasteiger partial charge in [0.25, 0.3) is 7.48 Å². The fourth-order valence-corrected chi connectivity index (χ4v) is 3.74. The van der Waals surface area contributed by atoms with E-state index in [1.165, 1.54) is 25.7 Å². The molecule has 0 amide bonds. The minimum atomic E-state index is -0.716. The Morgan fingerprint density at radius 3 is 2.67 bits per heavy atom. The van der Waals surface area contributed by atoms with E-state index in [9.17, 15) is 9.90 Å². The first kappa shape index (κ1) is 18.5. The van der Waals surface area contributed by atoms with Crippen LogP contribution in [0.25, 0.3) is 0 Å². The Morgan fingerprint density at radius 2 is 2.10 bits per heavy atom. The van der Waals surface area contributed by atoms with Gasteiger partial charge in [0.2, 0.25) is 0 Å². The van der Waals surface area contributed by atoms with E-state index in [0.717, 1.165) is 38.0 Å². The van der Waals surface area contributed by atoms with Gasteiger partial charge in [-0.25, -0.2) is 0 Å². The lowest BCUT2D eigenvalue weighted by Crippen LogP contribution is -2.35. The van der Waals surface area contributed by atoms with Crippen LogP contribution in [-0.2, 0) is 4.79 Å². The standard InChI is InChI=1S/C16H32BNO3/c1-3-6-12(4-2)8-9-13-11-18-15(16(19)20)14(13)7-5-10-17-21/h12-15,17-18,21H,3-11H2,1-2H3,(H,19,20). The van der Waals surface area contributed by atoms with Crippen LogP contribution >= 0.6 is 0 Å². The Balaban J connectivity index is 2.51. The van der Waals surface area contributed by atoms with Crippen LogP contribution < -0.4 is 5.32 Å². The van der Waals surface area contributed by atoms with Gasteiger partial charge in [0.15, 0.2) is 0 Å². The first-order valence-corrected chi connectivity index (χ1v) is 8.71. The Labute approximate surface area is 130 Å². The van der Waals surface area contributed by atoms with E-state index in [2.05, 4.69) is 19.2 Å². The minimum absolute atomic E-state index is 0.205. The van der Waals surface area contributed by atoms with Gasteiger partial charge in [0.1, 0.15) is 6.04 Å². The van der Waals surface area contributed by atoms with Gasteiger partial charge in [-0.15, -0.1) is 0 Å². The van der Waals surface area contributed by atoms with E-state index >= 15 is 0 Å². The predicted octanol–water partition coefficient (Wildman–Crippen LogP) is 2.42. The van der Waals surface area contributed by atoms with E-state index in [0.29, 0.717) is 5.92 Å². The molecule has 4 atom stereocenters. The fraction of sp³-hybridized carbons (Fsp3) is 0.938. The molecule has 1 aliphatic rings. The van der Waals surface area contributed by atoms with Crippen molar-refractivity contribution in [3.63, 3.8) is 0 Å². The third-order valence-corrected chi connectivity index (χ3v) is 5.07. The quantitative estimate of drug-likeness (QED) is 0.405. The summed E-state index contributed by atoms with van der Waals surface area (Å²) in [6.45, 7) is 5.33. The fourth-order valence-electron chi connectivity index (χ4n) is 3.74. The molecule has 122 valence electrons. The van der Waals surface area contributed by atoms with Crippen LogP contribution in [0.1, 0.15) is 58.8 Å². The maximum atomic E-state index is 11.4. The van der Waals surface area contributed by atoms with Gasteiger partial charge in [0, 0.05) is 0 Å². The molecule has 1 heterocycles. The van der Waals surface area contributed by atoms with Gasteiger partial charge >= 0.3 is 5.97 Å². The van der Waals surface area contributed by atoms with Crippen molar-refractivity contribution in [2.45, 2.75) is 71.2 Å². The van der Waals surface area contributed by atoms with E-state index in [1.54, 1.807) is 0 Å². The van der Waals surface area contributed by atoms with Crippen LogP contribution in [0.5, 0.6) is 0 Å². The molecule has 1 rings (SSSR count). The number of carboxylic acid groups (broad SMARTS) is 1.